The van der Waals surface area contributed by atoms with E-state index in [-0.39, 0.29) is 12.3 Å². The van der Waals surface area contributed by atoms with Gasteiger partial charge in [0.25, 0.3) is 0 Å². The van der Waals surface area contributed by atoms with Crippen LogP contribution in [0.5, 0.6) is 0 Å². The summed E-state index contributed by atoms with van der Waals surface area (Å²) in [4.78, 5) is 14.6. The van der Waals surface area contributed by atoms with E-state index in [0.717, 1.165) is 41.3 Å². The van der Waals surface area contributed by atoms with E-state index in [2.05, 4.69) is 14.9 Å². The monoisotopic (exact) mass is 283 g/mol. The Balaban J connectivity index is 1.67. The summed E-state index contributed by atoms with van der Waals surface area (Å²) < 4.78 is 0. The lowest BCUT2D eigenvalue weighted by Crippen LogP contribution is -2.44. The number of H-pyrrole nitrogens is 1. The van der Waals surface area contributed by atoms with Crippen molar-refractivity contribution in [2.45, 2.75) is 25.2 Å². The summed E-state index contributed by atoms with van der Waals surface area (Å²) in [5, 5.41) is 11.1. The van der Waals surface area contributed by atoms with E-state index in [9.17, 15) is 5.21 Å². The number of aromatic nitrogens is 2. The third-order valence-electron chi connectivity index (χ3n) is 4.10. The van der Waals surface area contributed by atoms with Crippen molar-refractivity contribution in [3.63, 3.8) is 0 Å². The summed E-state index contributed by atoms with van der Waals surface area (Å²) in [6.45, 7) is 0.897. The molecule has 0 saturated carbocycles. The molecule has 0 spiro atoms. The van der Waals surface area contributed by atoms with Crippen molar-refractivity contribution in [2.24, 2.45) is 4.99 Å². The smallest absolute Gasteiger partial charge is 0.201 e. The minimum Gasteiger partial charge on any atom is -0.341 e. The van der Waals surface area contributed by atoms with Crippen LogP contribution in [0.3, 0.4) is 0 Å². The van der Waals surface area contributed by atoms with E-state index < -0.39 is 0 Å². The molecule has 1 aromatic heterocycles. The first-order valence-electron chi connectivity index (χ1n) is 7.20. The fourth-order valence-corrected chi connectivity index (χ4v) is 3.13. The van der Waals surface area contributed by atoms with Crippen molar-refractivity contribution < 1.29 is 5.21 Å². The SMILES string of the molecule is ON1C=CC=N[C@@H]1N1CCCC1c1nc2ccccc2[nH]1. The van der Waals surface area contributed by atoms with Crippen molar-refractivity contribution in [2.75, 3.05) is 6.54 Å². The molecule has 2 aliphatic heterocycles. The lowest BCUT2D eigenvalue weighted by Gasteiger charge is -2.34. The number of hydrogen-bond donors (Lipinski definition) is 2. The number of aromatic amines is 1. The second-order valence-electron chi connectivity index (χ2n) is 5.40. The molecule has 21 heavy (non-hydrogen) atoms. The number of rotatable bonds is 2. The highest BCUT2D eigenvalue weighted by Crippen LogP contribution is 2.34. The van der Waals surface area contributed by atoms with Crippen LogP contribution in [0.2, 0.25) is 0 Å². The Morgan fingerprint density at radius 2 is 2.19 bits per heavy atom. The van der Waals surface area contributed by atoms with Crippen molar-refractivity contribution in [3.05, 3.63) is 42.4 Å². The molecule has 6 heteroatoms. The Kier molecular flexibility index (Phi) is 2.98. The Bertz CT molecular complexity index is 674. The molecule has 2 atom stereocenters. The number of para-hydroxylation sites is 2. The number of nitrogens with zero attached hydrogens (tertiary/aromatic N) is 4. The van der Waals surface area contributed by atoms with Gasteiger partial charge in [0.05, 0.1) is 17.1 Å². The second kappa shape index (κ2) is 4.98. The van der Waals surface area contributed by atoms with Crippen LogP contribution in [0.15, 0.2) is 41.5 Å². The summed E-state index contributed by atoms with van der Waals surface area (Å²) in [6, 6.07) is 8.19. The molecule has 1 saturated heterocycles. The van der Waals surface area contributed by atoms with Crippen LogP contribution in [0.1, 0.15) is 24.7 Å². The lowest BCUT2D eigenvalue weighted by molar-refractivity contribution is -0.133. The highest BCUT2D eigenvalue weighted by Gasteiger charge is 2.35. The Morgan fingerprint density at radius 3 is 3.05 bits per heavy atom. The van der Waals surface area contributed by atoms with E-state index >= 15 is 0 Å². The maximum absolute atomic E-state index is 9.99. The molecule has 2 N–H and O–H groups in total. The van der Waals surface area contributed by atoms with Crippen LogP contribution < -0.4 is 0 Å². The van der Waals surface area contributed by atoms with Gasteiger partial charge in [-0.2, -0.15) is 0 Å². The Hall–Kier alpha value is -2.18. The van der Waals surface area contributed by atoms with Gasteiger partial charge in [0.2, 0.25) is 6.29 Å². The number of nitrogens with one attached hydrogen (secondary N) is 1. The third-order valence-corrected chi connectivity index (χ3v) is 4.10. The molecule has 108 valence electrons. The van der Waals surface area contributed by atoms with Gasteiger partial charge >= 0.3 is 0 Å². The number of hydroxylamine groups is 2. The second-order valence-corrected chi connectivity index (χ2v) is 5.40. The van der Waals surface area contributed by atoms with Crippen LogP contribution in [0, 0.1) is 0 Å². The molecule has 1 aromatic carbocycles. The highest BCUT2D eigenvalue weighted by molar-refractivity contribution is 5.74. The molecule has 0 bridgehead atoms. The van der Waals surface area contributed by atoms with Gasteiger partial charge in [0, 0.05) is 19.0 Å². The number of imidazole rings is 1. The fourth-order valence-electron chi connectivity index (χ4n) is 3.13. The maximum Gasteiger partial charge on any atom is 0.201 e. The summed E-state index contributed by atoms with van der Waals surface area (Å²) in [6.07, 6.45) is 6.81. The summed E-state index contributed by atoms with van der Waals surface area (Å²) >= 11 is 0. The minimum atomic E-state index is -0.365. The van der Waals surface area contributed by atoms with Gasteiger partial charge in [-0.3, -0.25) is 15.1 Å². The van der Waals surface area contributed by atoms with Gasteiger partial charge in [-0.1, -0.05) is 12.1 Å². The molecule has 3 heterocycles. The summed E-state index contributed by atoms with van der Waals surface area (Å²) in [7, 11) is 0. The number of aliphatic imine (C=N–C) groups is 1. The van der Waals surface area contributed by atoms with Crippen molar-refractivity contribution in [1.29, 1.82) is 0 Å². The largest absolute Gasteiger partial charge is 0.341 e. The average Bonchev–Trinajstić information content (AvgIpc) is 3.13. The zero-order valence-electron chi connectivity index (χ0n) is 11.6. The van der Waals surface area contributed by atoms with Crippen molar-refractivity contribution >= 4 is 17.2 Å². The van der Waals surface area contributed by atoms with E-state index in [4.69, 9.17) is 4.98 Å². The van der Waals surface area contributed by atoms with Crippen molar-refractivity contribution in [1.82, 2.24) is 19.9 Å². The zero-order valence-corrected chi connectivity index (χ0v) is 11.6. The number of fused-ring (bicyclic) bond motifs is 1. The standard InChI is InChI=1S/C15H17N5O/c21-20-10-4-8-16-15(20)19-9-3-7-13(19)14-17-11-5-1-2-6-12(11)18-14/h1-2,4-6,8,10,13,15,21H,3,7,9H2,(H,17,18)/t13?,15-/m1/s1. The van der Waals surface area contributed by atoms with Crippen molar-refractivity contribution in [3.8, 4) is 0 Å². The number of allylic oxidation sites excluding steroid dienone is 1. The van der Waals surface area contributed by atoms with Gasteiger partial charge in [-0.05, 0) is 31.1 Å². The molecule has 0 radical (unpaired) electrons. The van der Waals surface area contributed by atoms with Crippen LogP contribution in [0.25, 0.3) is 11.0 Å². The molecular formula is C15H17N5O. The quantitative estimate of drug-likeness (QED) is 0.887. The summed E-state index contributed by atoms with van der Waals surface area (Å²) in [5.74, 6) is 0.951. The lowest BCUT2D eigenvalue weighted by atomic mass is 10.2. The molecule has 2 aliphatic rings. The predicted octanol–water partition coefficient (Wildman–Crippen LogP) is 2.27. The van der Waals surface area contributed by atoms with Gasteiger partial charge in [-0.15, -0.1) is 0 Å². The maximum atomic E-state index is 9.99. The highest BCUT2D eigenvalue weighted by atomic mass is 16.5. The first-order valence-corrected chi connectivity index (χ1v) is 7.20. The normalized spacial score (nSPS) is 26.0. The molecular weight excluding hydrogens is 266 g/mol. The molecule has 1 unspecified atom stereocenters. The average molecular weight is 283 g/mol. The first-order chi connectivity index (χ1) is 10.3. The Labute approximate surface area is 122 Å². The van der Waals surface area contributed by atoms with Gasteiger partial charge in [0.1, 0.15) is 5.82 Å². The van der Waals surface area contributed by atoms with Gasteiger partial charge < -0.3 is 4.98 Å². The minimum absolute atomic E-state index is 0.153. The van der Waals surface area contributed by atoms with E-state index in [1.54, 1.807) is 18.5 Å². The topological polar surface area (TPSA) is 67.8 Å². The fraction of sp³-hybridized carbons (Fsp3) is 0.333. The molecule has 0 amide bonds. The Morgan fingerprint density at radius 1 is 1.29 bits per heavy atom. The van der Waals surface area contributed by atoms with Crippen LogP contribution >= 0.6 is 0 Å². The van der Waals surface area contributed by atoms with E-state index in [1.807, 2.05) is 24.3 Å². The predicted molar refractivity (Wildman–Crippen MR) is 79.8 cm³/mol. The molecule has 0 aliphatic carbocycles. The van der Waals surface area contributed by atoms with Gasteiger partial charge in [-0.25, -0.2) is 10.0 Å². The molecule has 1 fully saturated rings. The third kappa shape index (κ3) is 2.12. The van der Waals surface area contributed by atoms with Crippen LogP contribution in [0.4, 0.5) is 0 Å². The van der Waals surface area contributed by atoms with Gasteiger partial charge in [0.15, 0.2) is 0 Å². The molecule has 6 nitrogen and oxygen atoms in total. The van der Waals surface area contributed by atoms with Crippen LogP contribution in [-0.4, -0.2) is 44.2 Å². The van der Waals surface area contributed by atoms with E-state index in [0.29, 0.717) is 0 Å². The van der Waals surface area contributed by atoms with E-state index in [1.165, 1.54) is 0 Å². The molecule has 4 rings (SSSR count). The zero-order chi connectivity index (χ0) is 14.2. The molecule has 2 aromatic rings. The van der Waals surface area contributed by atoms with Crippen LogP contribution in [-0.2, 0) is 0 Å². The summed E-state index contributed by atoms with van der Waals surface area (Å²) in [5.41, 5.74) is 2.03. The number of hydrogen-bond acceptors (Lipinski definition) is 5. The first kappa shape index (κ1) is 12.6. The number of likely N-dealkylation sites (tertiary alicyclic amines) is 1. The number of benzene rings is 1.